The molecule has 0 radical (unpaired) electrons. The Morgan fingerprint density at radius 3 is 3.00 bits per heavy atom. The number of carbonyl (C=O) groups excluding carboxylic acids is 1. The minimum atomic E-state index is -0.246. The van der Waals surface area contributed by atoms with E-state index in [9.17, 15) is 4.79 Å². The third-order valence-corrected chi connectivity index (χ3v) is 5.70. The van der Waals surface area contributed by atoms with Gasteiger partial charge in [-0.3, -0.25) is 4.79 Å². The van der Waals surface area contributed by atoms with Crippen molar-refractivity contribution in [3.05, 3.63) is 16.3 Å². The molecule has 21 heavy (non-hydrogen) atoms. The second kappa shape index (κ2) is 4.66. The molecule has 2 N–H and O–H groups in total. The fourth-order valence-electron chi connectivity index (χ4n) is 3.60. The van der Waals surface area contributed by atoms with E-state index in [1.165, 1.54) is 22.2 Å². The van der Waals surface area contributed by atoms with Crippen molar-refractivity contribution in [2.24, 2.45) is 5.73 Å². The number of aryl methyl sites for hydroxylation is 3. The molecule has 1 fully saturated rings. The maximum absolute atomic E-state index is 11.7. The summed E-state index contributed by atoms with van der Waals surface area (Å²) in [7, 11) is 0. The van der Waals surface area contributed by atoms with Crippen LogP contribution < -0.4 is 10.6 Å². The zero-order valence-corrected chi connectivity index (χ0v) is 12.9. The molecular formula is C15H18N4OS. The fraction of sp³-hybridized carbons (Fsp3) is 0.533. The summed E-state index contributed by atoms with van der Waals surface area (Å²) in [5.41, 5.74) is 6.98. The minimum absolute atomic E-state index is 0.223. The lowest BCUT2D eigenvalue weighted by atomic mass is 10.1. The van der Waals surface area contributed by atoms with Crippen LogP contribution in [0.1, 0.15) is 35.5 Å². The first-order valence-electron chi connectivity index (χ1n) is 7.50. The van der Waals surface area contributed by atoms with Crippen LogP contribution in [0.15, 0.2) is 0 Å². The molecule has 1 amide bonds. The Morgan fingerprint density at radius 1 is 1.33 bits per heavy atom. The first-order chi connectivity index (χ1) is 10.1. The third kappa shape index (κ3) is 1.92. The van der Waals surface area contributed by atoms with Crippen molar-refractivity contribution >= 4 is 33.3 Å². The highest BCUT2D eigenvalue weighted by atomic mass is 32.1. The SMILES string of the molecule is Cc1nc(N2CCCC2C(N)=O)c2c3c(sc2n1)CCC3. The lowest BCUT2D eigenvalue weighted by Crippen LogP contribution is -2.41. The van der Waals surface area contributed by atoms with Crippen LogP contribution in [0.5, 0.6) is 0 Å². The smallest absolute Gasteiger partial charge is 0.240 e. The summed E-state index contributed by atoms with van der Waals surface area (Å²) in [4.78, 5) is 25.6. The number of thiophene rings is 1. The first kappa shape index (κ1) is 13.0. The molecule has 2 aromatic heterocycles. The average Bonchev–Trinajstić information content (AvgIpc) is 3.11. The van der Waals surface area contributed by atoms with Gasteiger partial charge in [0, 0.05) is 11.4 Å². The number of amides is 1. The van der Waals surface area contributed by atoms with Crippen LogP contribution in [0.25, 0.3) is 10.2 Å². The highest BCUT2D eigenvalue weighted by Gasteiger charge is 2.33. The van der Waals surface area contributed by atoms with E-state index in [0.29, 0.717) is 0 Å². The summed E-state index contributed by atoms with van der Waals surface area (Å²) in [6.07, 6.45) is 5.28. The van der Waals surface area contributed by atoms with Gasteiger partial charge >= 0.3 is 0 Å². The number of primary amides is 1. The van der Waals surface area contributed by atoms with Gasteiger partial charge in [0.15, 0.2) is 0 Å². The normalized spacial score (nSPS) is 21.2. The molecule has 0 aromatic carbocycles. The zero-order chi connectivity index (χ0) is 14.6. The van der Waals surface area contributed by atoms with Crippen molar-refractivity contribution in [2.75, 3.05) is 11.4 Å². The van der Waals surface area contributed by atoms with Gasteiger partial charge in [0.1, 0.15) is 22.5 Å². The number of hydrogen-bond acceptors (Lipinski definition) is 5. The Morgan fingerprint density at radius 2 is 2.19 bits per heavy atom. The molecule has 1 saturated heterocycles. The van der Waals surface area contributed by atoms with E-state index in [-0.39, 0.29) is 11.9 Å². The standard InChI is InChI=1S/C15H18N4OS/c1-8-17-14(19-7-3-5-10(19)13(16)20)12-9-4-2-6-11(9)21-15(12)18-8/h10H,2-7H2,1H3,(H2,16,20). The van der Waals surface area contributed by atoms with E-state index in [1.807, 2.05) is 6.92 Å². The molecule has 1 aliphatic carbocycles. The maximum atomic E-state index is 11.7. The van der Waals surface area contributed by atoms with Crippen molar-refractivity contribution in [3.8, 4) is 0 Å². The van der Waals surface area contributed by atoms with E-state index in [2.05, 4.69) is 14.9 Å². The van der Waals surface area contributed by atoms with E-state index in [1.54, 1.807) is 11.3 Å². The molecule has 1 atom stereocenters. The second-order valence-electron chi connectivity index (χ2n) is 5.89. The van der Waals surface area contributed by atoms with E-state index in [0.717, 1.165) is 48.7 Å². The van der Waals surface area contributed by atoms with Crippen LogP contribution >= 0.6 is 11.3 Å². The lowest BCUT2D eigenvalue weighted by Gasteiger charge is -2.24. The second-order valence-corrected chi connectivity index (χ2v) is 6.97. The van der Waals surface area contributed by atoms with E-state index >= 15 is 0 Å². The molecule has 110 valence electrons. The molecule has 0 spiro atoms. The molecule has 6 heteroatoms. The van der Waals surface area contributed by atoms with Crippen LogP contribution in [0.2, 0.25) is 0 Å². The van der Waals surface area contributed by atoms with Gasteiger partial charge in [-0.25, -0.2) is 9.97 Å². The topological polar surface area (TPSA) is 72.1 Å². The summed E-state index contributed by atoms with van der Waals surface area (Å²) in [5.74, 6) is 1.45. The molecule has 1 unspecified atom stereocenters. The predicted octanol–water partition coefficient (Wildman–Crippen LogP) is 1.94. The van der Waals surface area contributed by atoms with Gasteiger partial charge in [0.2, 0.25) is 5.91 Å². The van der Waals surface area contributed by atoms with Crippen molar-refractivity contribution in [2.45, 2.75) is 45.1 Å². The lowest BCUT2D eigenvalue weighted by molar-refractivity contribution is -0.119. The van der Waals surface area contributed by atoms with Crippen molar-refractivity contribution in [1.82, 2.24) is 9.97 Å². The Hall–Kier alpha value is -1.69. The average molecular weight is 302 g/mol. The first-order valence-corrected chi connectivity index (χ1v) is 8.31. The highest BCUT2D eigenvalue weighted by Crippen LogP contribution is 2.41. The predicted molar refractivity (Wildman–Crippen MR) is 83.7 cm³/mol. The minimum Gasteiger partial charge on any atom is -0.368 e. The summed E-state index contributed by atoms with van der Waals surface area (Å²) in [6.45, 7) is 2.77. The highest BCUT2D eigenvalue weighted by molar-refractivity contribution is 7.19. The van der Waals surface area contributed by atoms with Gasteiger partial charge in [-0.05, 0) is 44.6 Å². The third-order valence-electron chi connectivity index (χ3n) is 4.51. The quantitative estimate of drug-likeness (QED) is 0.920. The van der Waals surface area contributed by atoms with Gasteiger partial charge in [-0.1, -0.05) is 0 Å². The molecule has 2 aromatic rings. The Bertz CT molecular complexity index is 739. The molecule has 2 aliphatic rings. The van der Waals surface area contributed by atoms with Gasteiger partial charge < -0.3 is 10.6 Å². The molecule has 5 nitrogen and oxygen atoms in total. The van der Waals surface area contributed by atoms with E-state index in [4.69, 9.17) is 5.73 Å². The Labute approximate surface area is 127 Å². The maximum Gasteiger partial charge on any atom is 0.240 e. The van der Waals surface area contributed by atoms with Crippen molar-refractivity contribution in [3.63, 3.8) is 0 Å². The number of hydrogen-bond donors (Lipinski definition) is 1. The molecule has 3 heterocycles. The summed E-state index contributed by atoms with van der Waals surface area (Å²) < 4.78 is 0. The molecule has 0 bridgehead atoms. The van der Waals surface area contributed by atoms with Gasteiger partial charge in [-0.2, -0.15) is 0 Å². The van der Waals surface area contributed by atoms with Crippen LogP contribution in [0.4, 0.5) is 5.82 Å². The van der Waals surface area contributed by atoms with Crippen molar-refractivity contribution < 1.29 is 4.79 Å². The number of anilines is 1. The summed E-state index contributed by atoms with van der Waals surface area (Å²) in [5, 5.41) is 1.17. The fourth-order valence-corrected chi connectivity index (χ4v) is 4.91. The van der Waals surface area contributed by atoms with Gasteiger partial charge in [-0.15, -0.1) is 11.3 Å². The van der Waals surface area contributed by atoms with Crippen molar-refractivity contribution in [1.29, 1.82) is 0 Å². The van der Waals surface area contributed by atoms with Crippen LogP contribution in [0.3, 0.4) is 0 Å². The number of nitrogens with zero attached hydrogens (tertiary/aromatic N) is 3. The number of nitrogens with two attached hydrogens (primary N) is 1. The number of aromatic nitrogens is 2. The molecule has 1 aliphatic heterocycles. The van der Waals surface area contributed by atoms with Crippen LogP contribution in [-0.2, 0) is 17.6 Å². The Balaban J connectivity index is 1.93. The zero-order valence-electron chi connectivity index (χ0n) is 12.1. The van der Waals surface area contributed by atoms with E-state index < -0.39 is 0 Å². The largest absolute Gasteiger partial charge is 0.368 e. The molecule has 0 saturated carbocycles. The number of rotatable bonds is 2. The number of carbonyl (C=O) groups is 1. The van der Waals surface area contributed by atoms with Gasteiger partial charge in [0.25, 0.3) is 0 Å². The summed E-state index contributed by atoms with van der Waals surface area (Å²) in [6, 6.07) is -0.223. The van der Waals surface area contributed by atoms with Crippen LogP contribution in [-0.4, -0.2) is 28.5 Å². The summed E-state index contributed by atoms with van der Waals surface area (Å²) >= 11 is 1.79. The number of fused-ring (bicyclic) bond motifs is 3. The van der Waals surface area contributed by atoms with Gasteiger partial charge in [0.05, 0.1) is 5.39 Å². The Kier molecular flexibility index (Phi) is 2.89. The molecule has 4 rings (SSSR count). The molecular weight excluding hydrogens is 284 g/mol. The van der Waals surface area contributed by atoms with Crippen LogP contribution in [0, 0.1) is 6.92 Å². The monoisotopic (exact) mass is 302 g/mol.